The Morgan fingerprint density at radius 3 is 2.61 bits per heavy atom. The van der Waals surface area contributed by atoms with Crippen LogP contribution in [0.4, 0.5) is 15.9 Å². The van der Waals surface area contributed by atoms with Gasteiger partial charge in [-0.2, -0.15) is 0 Å². The van der Waals surface area contributed by atoms with Crippen LogP contribution in [-0.4, -0.2) is 25.6 Å². The molecule has 1 aliphatic rings. The van der Waals surface area contributed by atoms with E-state index in [9.17, 15) is 14.7 Å². The SMILES string of the molecule is O=C(O)c1cn(C2CC2)c2cc(N(Cc3ccncc3)c3ccc(Br)cn3)c(F)cc2c1=O. The molecule has 166 valence electrons. The highest BCUT2D eigenvalue weighted by Crippen LogP contribution is 2.39. The van der Waals surface area contributed by atoms with Crippen LogP contribution in [0.2, 0.25) is 0 Å². The van der Waals surface area contributed by atoms with Gasteiger partial charge in [0, 0.05) is 47.2 Å². The summed E-state index contributed by atoms with van der Waals surface area (Å²) in [5.74, 6) is -1.43. The fourth-order valence-electron chi connectivity index (χ4n) is 3.86. The van der Waals surface area contributed by atoms with Gasteiger partial charge in [-0.05, 0) is 70.7 Å². The minimum absolute atomic E-state index is 0.0516. The highest BCUT2D eigenvalue weighted by molar-refractivity contribution is 9.10. The second-order valence-electron chi connectivity index (χ2n) is 7.91. The van der Waals surface area contributed by atoms with Crippen LogP contribution in [-0.2, 0) is 6.54 Å². The first-order valence-corrected chi connectivity index (χ1v) is 11.1. The van der Waals surface area contributed by atoms with E-state index in [1.54, 1.807) is 40.2 Å². The number of carboxylic acids is 1. The Morgan fingerprint density at radius 2 is 1.97 bits per heavy atom. The maximum absolute atomic E-state index is 15.5. The number of benzene rings is 1. The molecule has 1 N–H and O–H groups in total. The Bertz CT molecular complexity index is 1420. The first-order chi connectivity index (χ1) is 15.9. The smallest absolute Gasteiger partial charge is 0.341 e. The van der Waals surface area contributed by atoms with E-state index >= 15 is 4.39 Å². The standard InChI is InChI=1S/C24H18BrFN4O3/c25-15-1-4-22(28-11-15)30(12-14-5-7-27-8-6-14)21-10-20-17(9-19(21)26)23(31)18(24(32)33)13-29(20)16-2-3-16/h1,4-11,13,16H,2-3,12H2,(H,32,33). The monoisotopic (exact) mass is 508 g/mol. The molecule has 0 amide bonds. The van der Waals surface area contributed by atoms with E-state index in [4.69, 9.17) is 0 Å². The van der Waals surface area contributed by atoms with Gasteiger partial charge < -0.3 is 14.6 Å². The molecule has 1 saturated carbocycles. The van der Waals surface area contributed by atoms with Gasteiger partial charge in [-0.15, -0.1) is 0 Å². The molecule has 3 heterocycles. The number of pyridine rings is 3. The van der Waals surface area contributed by atoms with Crippen molar-refractivity contribution >= 4 is 44.3 Å². The van der Waals surface area contributed by atoms with E-state index in [1.165, 1.54) is 6.20 Å². The quantitative estimate of drug-likeness (QED) is 0.391. The number of rotatable bonds is 6. The van der Waals surface area contributed by atoms with Crippen LogP contribution in [0.15, 0.2) is 70.5 Å². The summed E-state index contributed by atoms with van der Waals surface area (Å²) in [4.78, 5) is 34.6. The van der Waals surface area contributed by atoms with Crippen LogP contribution in [0.25, 0.3) is 10.9 Å². The van der Waals surface area contributed by atoms with Gasteiger partial charge in [0.15, 0.2) is 0 Å². The van der Waals surface area contributed by atoms with Crippen LogP contribution in [0.1, 0.15) is 34.8 Å². The molecule has 0 atom stereocenters. The molecule has 0 saturated heterocycles. The number of carboxylic acid groups (broad SMARTS) is 1. The van der Waals surface area contributed by atoms with Crippen molar-refractivity contribution in [1.82, 2.24) is 14.5 Å². The van der Waals surface area contributed by atoms with Crippen LogP contribution in [0, 0.1) is 5.82 Å². The third-order valence-corrected chi connectivity index (χ3v) is 6.11. The minimum atomic E-state index is -1.32. The van der Waals surface area contributed by atoms with Crippen molar-refractivity contribution in [1.29, 1.82) is 0 Å². The highest BCUT2D eigenvalue weighted by atomic mass is 79.9. The molecule has 0 radical (unpaired) electrons. The fraction of sp³-hybridized carbons (Fsp3) is 0.167. The number of fused-ring (bicyclic) bond motifs is 1. The van der Waals surface area contributed by atoms with E-state index in [1.807, 2.05) is 18.2 Å². The molecule has 0 aliphatic heterocycles. The van der Waals surface area contributed by atoms with Gasteiger partial charge >= 0.3 is 5.97 Å². The zero-order valence-electron chi connectivity index (χ0n) is 17.3. The molecular formula is C24H18BrFN4O3. The van der Waals surface area contributed by atoms with Gasteiger partial charge in [-0.25, -0.2) is 14.2 Å². The maximum atomic E-state index is 15.5. The summed E-state index contributed by atoms with van der Waals surface area (Å²) in [5, 5.41) is 9.52. The number of aromatic carboxylic acids is 1. The molecule has 5 rings (SSSR count). The summed E-state index contributed by atoms with van der Waals surface area (Å²) in [6.07, 6.45) is 8.08. The van der Waals surface area contributed by atoms with Crippen LogP contribution in [0.3, 0.4) is 0 Å². The van der Waals surface area contributed by atoms with Crippen molar-refractivity contribution in [3.63, 3.8) is 0 Å². The number of nitrogens with zero attached hydrogens (tertiary/aromatic N) is 4. The lowest BCUT2D eigenvalue weighted by Crippen LogP contribution is -2.22. The van der Waals surface area contributed by atoms with Crippen molar-refractivity contribution in [2.24, 2.45) is 0 Å². The van der Waals surface area contributed by atoms with Crippen molar-refractivity contribution < 1.29 is 14.3 Å². The number of halogens is 2. The lowest BCUT2D eigenvalue weighted by Gasteiger charge is -2.25. The third kappa shape index (κ3) is 4.11. The zero-order chi connectivity index (χ0) is 23.1. The van der Waals surface area contributed by atoms with Gasteiger partial charge in [0.1, 0.15) is 17.2 Å². The molecule has 0 spiro atoms. The highest BCUT2D eigenvalue weighted by Gasteiger charge is 2.28. The average Bonchev–Trinajstić information content (AvgIpc) is 3.64. The van der Waals surface area contributed by atoms with Crippen LogP contribution in [0.5, 0.6) is 0 Å². The molecular weight excluding hydrogens is 491 g/mol. The predicted octanol–water partition coefficient (Wildman–Crippen LogP) is 5.06. The van der Waals surface area contributed by atoms with Gasteiger partial charge in [-0.3, -0.25) is 9.78 Å². The van der Waals surface area contributed by atoms with Gasteiger partial charge in [-0.1, -0.05) is 0 Å². The largest absolute Gasteiger partial charge is 0.477 e. The fourth-order valence-corrected chi connectivity index (χ4v) is 4.10. The summed E-state index contributed by atoms with van der Waals surface area (Å²) in [6.45, 7) is 0.320. The molecule has 7 nitrogen and oxygen atoms in total. The van der Waals surface area contributed by atoms with Crippen molar-refractivity contribution in [2.45, 2.75) is 25.4 Å². The third-order valence-electron chi connectivity index (χ3n) is 5.64. The molecule has 1 aliphatic carbocycles. The number of hydrogen-bond acceptors (Lipinski definition) is 5. The Balaban J connectivity index is 1.72. The molecule has 0 unspecified atom stereocenters. The first kappa shape index (κ1) is 21.3. The second-order valence-corrected chi connectivity index (χ2v) is 8.83. The van der Waals surface area contributed by atoms with Gasteiger partial charge in [0.05, 0.1) is 11.2 Å². The Morgan fingerprint density at radius 1 is 1.21 bits per heavy atom. The topological polar surface area (TPSA) is 88.3 Å². The van der Waals surface area contributed by atoms with Gasteiger partial charge in [0.2, 0.25) is 5.43 Å². The number of aromatic nitrogens is 3. The van der Waals surface area contributed by atoms with Crippen molar-refractivity contribution in [2.75, 3.05) is 4.90 Å². The predicted molar refractivity (Wildman–Crippen MR) is 125 cm³/mol. The zero-order valence-corrected chi connectivity index (χ0v) is 18.9. The Hall–Kier alpha value is -3.59. The summed E-state index contributed by atoms with van der Waals surface area (Å²) in [6, 6.07) is 10.1. The molecule has 1 fully saturated rings. The van der Waals surface area contributed by atoms with Crippen LogP contribution >= 0.6 is 15.9 Å². The molecule has 1 aromatic carbocycles. The summed E-state index contributed by atoms with van der Waals surface area (Å²) in [7, 11) is 0. The lowest BCUT2D eigenvalue weighted by molar-refractivity contribution is 0.0695. The average molecular weight is 509 g/mol. The van der Waals surface area contributed by atoms with Gasteiger partial charge in [0.25, 0.3) is 0 Å². The Kier molecular flexibility index (Phi) is 5.41. The molecule has 33 heavy (non-hydrogen) atoms. The van der Waals surface area contributed by atoms with E-state index < -0.39 is 17.2 Å². The van der Waals surface area contributed by atoms with E-state index in [2.05, 4.69) is 25.9 Å². The van der Waals surface area contributed by atoms with E-state index in [0.717, 1.165) is 28.9 Å². The molecule has 9 heteroatoms. The molecule has 0 bridgehead atoms. The van der Waals surface area contributed by atoms with Crippen molar-refractivity contribution in [3.8, 4) is 0 Å². The Labute approximate surface area is 196 Å². The minimum Gasteiger partial charge on any atom is -0.477 e. The maximum Gasteiger partial charge on any atom is 0.341 e. The summed E-state index contributed by atoms with van der Waals surface area (Å²) < 4.78 is 18.1. The first-order valence-electron chi connectivity index (χ1n) is 10.3. The number of anilines is 2. The van der Waals surface area contributed by atoms with Crippen LogP contribution < -0.4 is 10.3 Å². The second kappa shape index (κ2) is 8.40. The lowest BCUT2D eigenvalue weighted by atomic mass is 10.1. The number of carbonyl (C=O) groups is 1. The normalized spacial score (nSPS) is 13.3. The summed E-state index contributed by atoms with van der Waals surface area (Å²) in [5.41, 5.74) is 0.592. The van der Waals surface area contributed by atoms with E-state index in [0.29, 0.717) is 17.9 Å². The van der Waals surface area contributed by atoms with E-state index in [-0.39, 0.29) is 22.7 Å². The van der Waals surface area contributed by atoms with Crippen molar-refractivity contribution in [3.05, 3.63) is 92.8 Å². The summed E-state index contributed by atoms with van der Waals surface area (Å²) >= 11 is 3.37. The number of hydrogen-bond donors (Lipinski definition) is 1. The molecule has 3 aromatic heterocycles. The molecule has 4 aromatic rings.